The zero-order valence-electron chi connectivity index (χ0n) is 24.2. The van der Waals surface area contributed by atoms with Gasteiger partial charge in [0.2, 0.25) is 0 Å². The second kappa shape index (κ2) is 9.14. The van der Waals surface area contributed by atoms with E-state index in [1.54, 1.807) is 0 Å². The molecule has 0 aliphatic carbocycles. The van der Waals surface area contributed by atoms with Crippen molar-refractivity contribution in [3.05, 3.63) is 139 Å². The Morgan fingerprint density at radius 3 is 1.86 bits per heavy atom. The van der Waals surface area contributed by atoms with Gasteiger partial charge < -0.3 is 14.2 Å². The molecule has 0 radical (unpaired) electrons. The largest absolute Gasteiger partial charge is 0.454 e. The fourth-order valence-electron chi connectivity index (χ4n) is 7.27. The van der Waals surface area contributed by atoms with E-state index in [0.717, 1.165) is 27.6 Å². The van der Waals surface area contributed by atoms with Crippen molar-refractivity contribution < 1.29 is 4.42 Å². The van der Waals surface area contributed by atoms with Gasteiger partial charge in [0.05, 0.1) is 5.69 Å². The molecule has 0 spiro atoms. The summed E-state index contributed by atoms with van der Waals surface area (Å²) in [5, 5.41) is 2.28. The first-order valence-corrected chi connectivity index (χ1v) is 15.1. The highest BCUT2D eigenvalue weighted by Crippen LogP contribution is 2.47. The van der Waals surface area contributed by atoms with Crippen molar-refractivity contribution in [3.63, 3.8) is 0 Å². The highest BCUT2D eigenvalue weighted by Gasteiger charge is 2.43. The normalized spacial score (nSPS) is 13.4. The van der Waals surface area contributed by atoms with E-state index >= 15 is 0 Å². The van der Waals surface area contributed by atoms with Crippen LogP contribution >= 0.6 is 0 Å². The number of rotatable bonds is 3. The Labute approximate surface area is 251 Å². The number of fused-ring (bicyclic) bond motifs is 7. The second-order valence-corrected chi connectivity index (χ2v) is 11.9. The summed E-state index contributed by atoms with van der Waals surface area (Å²) in [6.07, 6.45) is 0. The topological polar surface area (TPSA) is 19.6 Å². The molecule has 6 aromatic carbocycles. The standard InChI is InChI=1S/C39H29BN2O/c1-25(2)26-23-35-38-36(24-26)42(34-21-12-16-29-28-15-6-11-22-37(28)43-39(29)34)33-20-10-8-18-31(33)40(38)30-17-7-9-19-32(30)41(35)27-13-4-3-5-14-27/h3-25H,1-2H3. The van der Waals surface area contributed by atoms with Crippen molar-refractivity contribution in [2.45, 2.75) is 19.8 Å². The Morgan fingerprint density at radius 1 is 0.535 bits per heavy atom. The van der Waals surface area contributed by atoms with E-state index in [1.807, 2.05) is 6.07 Å². The van der Waals surface area contributed by atoms with E-state index in [0.29, 0.717) is 5.92 Å². The van der Waals surface area contributed by atoms with E-state index in [4.69, 9.17) is 4.42 Å². The average Bonchev–Trinajstić information content (AvgIpc) is 3.44. The van der Waals surface area contributed by atoms with Crippen molar-refractivity contribution in [2.75, 3.05) is 9.80 Å². The zero-order valence-corrected chi connectivity index (χ0v) is 24.2. The summed E-state index contributed by atoms with van der Waals surface area (Å²) in [5.74, 6) is 0.357. The van der Waals surface area contributed by atoms with Gasteiger partial charge in [0.15, 0.2) is 5.58 Å². The predicted molar refractivity (Wildman–Crippen MR) is 182 cm³/mol. The minimum absolute atomic E-state index is 0.115. The van der Waals surface area contributed by atoms with Crippen molar-refractivity contribution >= 4 is 79.2 Å². The van der Waals surface area contributed by atoms with Gasteiger partial charge in [-0.15, -0.1) is 0 Å². The van der Waals surface area contributed by atoms with E-state index < -0.39 is 0 Å². The summed E-state index contributed by atoms with van der Waals surface area (Å²) in [4.78, 5) is 4.92. The molecule has 3 heterocycles. The number of para-hydroxylation sites is 5. The summed E-state index contributed by atoms with van der Waals surface area (Å²) in [5.41, 5.74) is 14.2. The van der Waals surface area contributed by atoms with Gasteiger partial charge in [0.25, 0.3) is 6.71 Å². The molecule has 0 bridgehead atoms. The van der Waals surface area contributed by atoms with E-state index in [1.165, 1.54) is 50.4 Å². The van der Waals surface area contributed by atoms with Gasteiger partial charge in [0.1, 0.15) is 5.58 Å². The molecule has 0 saturated carbocycles. The molecule has 43 heavy (non-hydrogen) atoms. The van der Waals surface area contributed by atoms with E-state index in [9.17, 15) is 0 Å². The number of hydrogen-bond acceptors (Lipinski definition) is 3. The lowest BCUT2D eigenvalue weighted by molar-refractivity contribution is 0.669. The molecule has 0 atom stereocenters. The second-order valence-electron chi connectivity index (χ2n) is 11.9. The maximum Gasteiger partial charge on any atom is 0.252 e. The van der Waals surface area contributed by atoms with Crippen molar-refractivity contribution in [1.82, 2.24) is 0 Å². The van der Waals surface area contributed by atoms with Crippen molar-refractivity contribution in [2.24, 2.45) is 0 Å². The summed E-state index contributed by atoms with van der Waals surface area (Å²) >= 11 is 0. The van der Waals surface area contributed by atoms with Gasteiger partial charge >= 0.3 is 0 Å². The maximum absolute atomic E-state index is 6.64. The molecular weight excluding hydrogens is 523 g/mol. The fraction of sp³-hybridized carbons (Fsp3) is 0.0769. The number of furan rings is 1. The quantitative estimate of drug-likeness (QED) is 0.204. The predicted octanol–water partition coefficient (Wildman–Crippen LogP) is 8.79. The molecule has 4 heteroatoms. The number of anilines is 6. The van der Waals surface area contributed by atoms with Gasteiger partial charge in [0, 0.05) is 39.2 Å². The molecule has 0 amide bonds. The minimum atomic E-state index is 0.115. The number of benzene rings is 6. The van der Waals surface area contributed by atoms with Crippen molar-refractivity contribution in [3.8, 4) is 0 Å². The Morgan fingerprint density at radius 2 is 1.12 bits per heavy atom. The van der Waals surface area contributed by atoms with Crippen LogP contribution < -0.4 is 26.2 Å². The lowest BCUT2D eigenvalue weighted by Crippen LogP contribution is -2.61. The molecule has 0 N–H and O–H groups in total. The van der Waals surface area contributed by atoms with Crippen LogP contribution in [0.1, 0.15) is 25.3 Å². The van der Waals surface area contributed by atoms with Crippen LogP contribution in [-0.4, -0.2) is 6.71 Å². The Hall–Kier alpha value is -5.22. The molecule has 204 valence electrons. The number of hydrogen-bond donors (Lipinski definition) is 0. The third kappa shape index (κ3) is 3.44. The number of nitrogens with zero attached hydrogens (tertiary/aromatic N) is 2. The third-order valence-electron chi connectivity index (χ3n) is 9.21. The zero-order chi connectivity index (χ0) is 28.7. The SMILES string of the molecule is CC(C)c1cc2c3c(c1)N(c1cccc4c1oc1ccccc14)c1ccccc1B3c1ccccc1N2c1ccccc1. The monoisotopic (exact) mass is 552 g/mol. The third-order valence-corrected chi connectivity index (χ3v) is 9.21. The van der Waals surface area contributed by atoms with Gasteiger partial charge in [-0.2, -0.15) is 0 Å². The minimum Gasteiger partial charge on any atom is -0.454 e. The molecule has 9 rings (SSSR count). The van der Waals surface area contributed by atoms with Crippen LogP contribution in [0.15, 0.2) is 138 Å². The highest BCUT2D eigenvalue weighted by molar-refractivity contribution is 7.00. The van der Waals surface area contributed by atoms with Gasteiger partial charge in [-0.1, -0.05) is 98.8 Å². The average molecular weight is 552 g/mol. The lowest BCUT2D eigenvalue weighted by Gasteiger charge is -2.44. The van der Waals surface area contributed by atoms with Crippen LogP contribution in [-0.2, 0) is 0 Å². The molecule has 0 saturated heterocycles. The van der Waals surface area contributed by atoms with Crippen LogP contribution in [0.4, 0.5) is 34.1 Å². The Kier molecular flexibility index (Phi) is 5.19. The van der Waals surface area contributed by atoms with Crippen LogP contribution in [0.2, 0.25) is 0 Å². The Bertz CT molecular complexity index is 2200. The smallest absolute Gasteiger partial charge is 0.252 e. The molecule has 3 nitrogen and oxygen atoms in total. The fourth-order valence-corrected chi connectivity index (χ4v) is 7.27. The van der Waals surface area contributed by atoms with E-state index in [-0.39, 0.29) is 6.71 Å². The van der Waals surface area contributed by atoms with Crippen LogP contribution in [0.3, 0.4) is 0 Å². The maximum atomic E-state index is 6.64. The first-order chi connectivity index (χ1) is 21.2. The van der Waals surface area contributed by atoms with Crippen LogP contribution in [0.25, 0.3) is 21.9 Å². The summed E-state index contributed by atoms with van der Waals surface area (Å²) in [6, 6.07) is 48.4. The molecule has 2 aliphatic rings. The van der Waals surface area contributed by atoms with Crippen LogP contribution in [0, 0.1) is 0 Å². The van der Waals surface area contributed by atoms with Crippen molar-refractivity contribution in [1.29, 1.82) is 0 Å². The van der Waals surface area contributed by atoms with Gasteiger partial charge in [-0.3, -0.25) is 0 Å². The highest BCUT2D eigenvalue weighted by atomic mass is 16.3. The summed E-state index contributed by atoms with van der Waals surface area (Å²) < 4.78 is 6.64. The van der Waals surface area contributed by atoms with Gasteiger partial charge in [-0.25, -0.2) is 0 Å². The summed E-state index contributed by atoms with van der Waals surface area (Å²) in [6.45, 7) is 4.69. The van der Waals surface area contributed by atoms with Crippen LogP contribution in [0.5, 0.6) is 0 Å². The Balaban J connectivity index is 1.42. The lowest BCUT2D eigenvalue weighted by atomic mass is 9.33. The molecule has 1 aromatic heterocycles. The molecule has 0 fully saturated rings. The first-order valence-electron chi connectivity index (χ1n) is 15.1. The summed E-state index contributed by atoms with van der Waals surface area (Å²) in [7, 11) is 0. The van der Waals surface area contributed by atoms with Gasteiger partial charge in [-0.05, 0) is 76.4 Å². The molecule has 0 unspecified atom stereocenters. The van der Waals surface area contributed by atoms with E-state index in [2.05, 4.69) is 151 Å². The molecule has 2 aliphatic heterocycles. The molecule has 7 aromatic rings. The first kappa shape index (κ1) is 24.4. The molecular formula is C39H29BN2O.